The summed E-state index contributed by atoms with van der Waals surface area (Å²) in [5, 5.41) is 3.32. The van der Waals surface area contributed by atoms with Crippen LogP contribution in [0.25, 0.3) is 12.2 Å². The smallest absolute Gasteiger partial charge is 0.270 e. The number of amides is 1. The molecule has 0 aliphatic heterocycles. The minimum Gasteiger partial charge on any atom is -0.347 e. The van der Waals surface area contributed by atoms with Crippen LogP contribution in [0.3, 0.4) is 0 Å². The minimum atomic E-state index is -0.0908. The molecule has 1 aromatic heterocycles. The Kier molecular flexibility index (Phi) is 4.63. The molecular weight excluding hydrogens is 366 g/mol. The lowest BCUT2D eigenvalue weighted by atomic mass is 9.54. The molecular formula is C23H25N3OS. The van der Waals surface area contributed by atoms with Crippen molar-refractivity contribution in [2.45, 2.75) is 38.1 Å². The number of aromatic amines is 1. The number of H-pyrrole nitrogens is 1. The molecule has 1 heterocycles. The summed E-state index contributed by atoms with van der Waals surface area (Å²) in [7, 11) is 0. The van der Waals surface area contributed by atoms with Crippen LogP contribution in [0.5, 0.6) is 0 Å². The second-order valence-corrected chi connectivity index (χ2v) is 9.09. The highest BCUT2D eigenvalue weighted by molar-refractivity contribution is 7.71. The zero-order valence-electron chi connectivity index (χ0n) is 15.8. The van der Waals surface area contributed by atoms with Gasteiger partial charge in [0, 0.05) is 11.7 Å². The summed E-state index contributed by atoms with van der Waals surface area (Å²) < 4.78 is 0.338. The Balaban J connectivity index is 1.33. The molecule has 4 saturated carbocycles. The fourth-order valence-corrected chi connectivity index (χ4v) is 6.04. The van der Waals surface area contributed by atoms with Gasteiger partial charge in [0.1, 0.15) is 5.69 Å². The number of aromatic nitrogens is 2. The fourth-order valence-electron chi connectivity index (χ4n) is 5.82. The van der Waals surface area contributed by atoms with E-state index in [1.807, 2.05) is 42.5 Å². The maximum atomic E-state index is 13.0. The first kappa shape index (κ1) is 17.8. The molecule has 4 fully saturated rings. The molecule has 6 rings (SSSR count). The standard InChI is InChI=1S/C23H25N3OS/c27-22(26-21-17-9-15-8-16(11-17)12-18(21)10-15)20-13-19(24-23(28)25-20)7-6-14-4-2-1-3-5-14/h1-7,13,15-18,21H,8-12H2,(H,26,27)(H,24,25,28)/b7-6+. The highest BCUT2D eigenvalue weighted by atomic mass is 32.1. The van der Waals surface area contributed by atoms with Gasteiger partial charge >= 0.3 is 0 Å². The van der Waals surface area contributed by atoms with E-state index in [-0.39, 0.29) is 5.91 Å². The van der Waals surface area contributed by atoms with Gasteiger partial charge in [0.25, 0.3) is 5.91 Å². The van der Waals surface area contributed by atoms with Gasteiger partial charge in [-0.3, -0.25) is 4.79 Å². The van der Waals surface area contributed by atoms with Crippen LogP contribution in [0.15, 0.2) is 36.4 Å². The molecule has 1 aromatic carbocycles. The monoisotopic (exact) mass is 391 g/mol. The van der Waals surface area contributed by atoms with Crippen molar-refractivity contribution in [3.63, 3.8) is 0 Å². The van der Waals surface area contributed by atoms with Crippen LogP contribution in [0.2, 0.25) is 0 Å². The van der Waals surface area contributed by atoms with E-state index in [9.17, 15) is 4.79 Å². The molecule has 5 heteroatoms. The molecule has 4 aliphatic rings. The third-order valence-electron chi connectivity index (χ3n) is 6.78. The zero-order valence-corrected chi connectivity index (χ0v) is 16.6. The maximum absolute atomic E-state index is 13.0. The van der Waals surface area contributed by atoms with Gasteiger partial charge < -0.3 is 10.3 Å². The summed E-state index contributed by atoms with van der Waals surface area (Å²) in [6.07, 6.45) is 10.5. The van der Waals surface area contributed by atoms with Crippen molar-refractivity contribution in [3.05, 3.63) is 58.1 Å². The van der Waals surface area contributed by atoms with Crippen molar-refractivity contribution in [1.82, 2.24) is 15.3 Å². The summed E-state index contributed by atoms with van der Waals surface area (Å²) in [5.74, 6) is 3.00. The lowest BCUT2D eigenvalue weighted by Crippen LogP contribution is -2.55. The largest absolute Gasteiger partial charge is 0.347 e. The van der Waals surface area contributed by atoms with Gasteiger partial charge in [-0.25, -0.2) is 4.98 Å². The number of hydrogen-bond donors (Lipinski definition) is 2. The Morgan fingerprint density at radius 3 is 2.39 bits per heavy atom. The van der Waals surface area contributed by atoms with Crippen LogP contribution in [0.4, 0.5) is 0 Å². The predicted molar refractivity (Wildman–Crippen MR) is 113 cm³/mol. The van der Waals surface area contributed by atoms with E-state index in [1.54, 1.807) is 6.07 Å². The highest BCUT2D eigenvalue weighted by Crippen LogP contribution is 2.53. The molecule has 2 aromatic rings. The molecule has 0 saturated heterocycles. The van der Waals surface area contributed by atoms with Crippen LogP contribution >= 0.6 is 12.2 Å². The Labute approximate surface area is 170 Å². The van der Waals surface area contributed by atoms with Crippen LogP contribution < -0.4 is 5.32 Å². The van der Waals surface area contributed by atoms with Crippen LogP contribution in [0, 0.1) is 28.4 Å². The van der Waals surface area contributed by atoms with Gasteiger partial charge in [-0.1, -0.05) is 36.4 Å². The second kappa shape index (κ2) is 7.28. The number of carbonyl (C=O) groups is 1. The fraction of sp³-hybridized carbons (Fsp3) is 0.435. The van der Waals surface area contributed by atoms with Crippen LogP contribution in [0.1, 0.15) is 53.8 Å². The Morgan fingerprint density at radius 1 is 1.04 bits per heavy atom. The van der Waals surface area contributed by atoms with Gasteiger partial charge in [0.2, 0.25) is 0 Å². The molecule has 4 nitrogen and oxygen atoms in total. The number of nitrogens with zero attached hydrogens (tertiary/aromatic N) is 1. The molecule has 144 valence electrons. The van der Waals surface area contributed by atoms with Crippen LogP contribution in [-0.2, 0) is 0 Å². The molecule has 4 bridgehead atoms. The Hall–Kier alpha value is -2.27. The van der Waals surface area contributed by atoms with Crippen LogP contribution in [-0.4, -0.2) is 21.9 Å². The summed E-state index contributed by atoms with van der Waals surface area (Å²) in [4.78, 5) is 20.3. The van der Waals surface area contributed by atoms with E-state index >= 15 is 0 Å². The summed E-state index contributed by atoms with van der Waals surface area (Å²) in [5.41, 5.74) is 2.29. The Bertz CT molecular complexity index is 937. The zero-order chi connectivity index (χ0) is 19.1. The molecule has 0 radical (unpaired) electrons. The van der Waals surface area contributed by atoms with E-state index < -0.39 is 0 Å². The van der Waals surface area contributed by atoms with Gasteiger partial charge in [-0.05, 0) is 85.7 Å². The quantitative estimate of drug-likeness (QED) is 0.732. The molecule has 0 atom stereocenters. The summed E-state index contributed by atoms with van der Waals surface area (Å²) in [6.45, 7) is 0. The molecule has 1 amide bonds. The van der Waals surface area contributed by atoms with Crippen molar-refractivity contribution in [3.8, 4) is 0 Å². The Morgan fingerprint density at radius 2 is 1.71 bits per heavy atom. The maximum Gasteiger partial charge on any atom is 0.270 e. The molecule has 2 N–H and O–H groups in total. The second-order valence-electron chi connectivity index (χ2n) is 8.70. The van der Waals surface area contributed by atoms with E-state index in [0.717, 1.165) is 23.1 Å². The average Bonchev–Trinajstić information content (AvgIpc) is 2.69. The number of hydrogen-bond acceptors (Lipinski definition) is 3. The molecule has 0 unspecified atom stereocenters. The first-order valence-corrected chi connectivity index (χ1v) is 10.7. The molecule has 4 aliphatic carbocycles. The SMILES string of the molecule is O=C(NC1C2CC3CC(C2)CC1C3)c1cc(/C=C/c2ccccc2)[nH]c(=S)n1. The topological polar surface area (TPSA) is 57.8 Å². The lowest BCUT2D eigenvalue weighted by molar-refractivity contribution is -0.0120. The van der Waals surface area contributed by atoms with Gasteiger partial charge in [0.15, 0.2) is 4.77 Å². The van der Waals surface area contributed by atoms with Crippen molar-refractivity contribution < 1.29 is 4.79 Å². The number of nitrogens with one attached hydrogen (secondary N) is 2. The van der Waals surface area contributed by atoms with Gasteiger partial charge in [0.05, 0.1) is 0 Å². The highest BCUT2D eigenvalue weighted by Gasteiger charge is 2.48. The minimum absolute atomic E-state index is 0.0908. The molecule has 0 spiro atoms. The van der Waals surface area contributed by atoms with Gasteiger partial charge in [-0.2, -0.15) is 0 Å². The predicted octanol–water partition coefficient (Wildman–Crippen LogP) is 4.86. The first-order chi connectivity index (χ1) is 13.6. The normalized spacial score (nSPS) is 30.6. The third-order valence-corrected chi connectivity index (χ3v) is 6.97. The van der Waals surface area contributed by atoms with Gasteiger partial charge in [-0.15, -0.1) is 0 Å². The third kappa shape index (κ3) is 3.55. The van der Waals surface area contributed by atoms with Crippen molar-refractivity contribution in [1.29, 1.82) is 0 Å². The number of rotatable bonds is 4. The number of benzene rings is 1. The lowest BCUT2D eigenvalue weighted by Gasteiger charge is -2.54. The first-order valence-electron chi connectivity index (χ1n) is 10.3. The van der Waals surface area contributed by atoms with Crippen molar-refractivity contribution in [2.24, 2.45) is 23.7 Å². The van der Waals surface area contributed by atoms with E-state index in [4.69, 9.17) is 12.2 Å². The van der Waals surface area contributed by atoms with E-state index in [2.05, 4.69) is 15.3 Å². The average molecular weight is 392 g/mol. The van der Waals surface area contributed by atoms with Crippen molar-refractivity contribution in [2.75, 3.05) is 0 Å². The summed E-state index contributed by atoms with van der Waals surface area (Å²) >= 11 is 5.26. The van der Waals surface area contributed by atoms with E-state index in [0.29, 0.717) is 28.3 Å². The molecule has 28 heavy (non-hydrogen) atoms. The van der Waals surface area contributed by atoms with Crippen molar-refractivity contribution >= 4 is 30.3 Å². The van der Waals surface area contributed by atoms with E-state index in [1.165, 1.54) is 32.1 Å². The summed E-state index contributed by atoms with van der Waals surface area (Å²) in [6, 6.07) is 12.2. The number of carbonyl (C=O) groups excluding carboxylic acids is 1.